The number of thioether (sulfide) groups is 1. The number of thiophene rings is 1. The van der Waals surface area contributed by atoms with E-state index in [1.807, 2.05) is 0 Å². The molecule has 3 heterocycles. The van der Waals surface area contributed by atoms with Gasteiger partial charge < -0.3 is 10.1 Å². The highest BCUT2D eigenvalue weighted by Gasteiger charge is 2.23. The highest BCUT2D eigenvalue weighted by atomic mass is 32.2. The zero-order valence-electron chi connectivity index (χ0n) is 15.6. The molecule has 1 saturated heterocycles. The zero-order chi connectivity index (χ0) is 18.8. The first-order valence-corrected chi connectivity index (χ1v) is 11.5. The topological polar surface area (TPSA) is 73.2 Å². The van der Waals surface area contributed by atoms with Gasteiger partial charge in [0.1, 0.15) is 4.83 Å². The number of nitrogens with one attached hydrogen (secondary N) is 1. The number of hydrogen-bond acceptors (Lipinski definition) is 6. The summed E-state index contributed by atoms with van der Waals surface area (Å²) in [4.78, 5) is 32.2. The Bertz CT molecular complexity index is 900. The Kier molecular flexibility index (Phi) is 5.85. The van der Waals surface area contributed by atoms with Gasteiger partial charge in [0.25, 0.3) is 5.56 Å². The molecule has 1 fully saturated rings. The summed E-state index contributed by atoms with van der Waals surface area (Å²) >= 11 is 3.00. The molecule has 1 atom stereocenters. The van der Waals surface area contributed by atoms with E-state index >= 15 is 0 Å². The van der Waals surface area contributed by atoms with Crippen LogP contribution in [0, 0.1) is 0 Å². The molecular weight excluding hydrogens is 382 g/mol. The second-order valence-corrected chi connectivity index (χ2v) is 9.14. The fourth-order valence-electron chi connectivity index (χ4n) is 3.80. The predicted molar refractivity (Wildman–Crippen MR) is 109 cm³/mol. The van der Waals surface area contributed by atoms with Crippen LogP contribution in [-0.4, -0.2) is 40.5 Å². The van der Waals surface area contributed by atoms with E-state index in [1.54, 1.807) is 15.9 Å². The molecule has 2 aromatic rings. The second kappa shape index (κ2) is 8.32. The van der Waals surface area contributed by atoms with Crippen molar-refractivity contribution in [2.24, 2.45) is 0 Å². The van der Waals surface area contributed by atoms with Crippen molar-refractivity contribution in [1.82, 2.24) is 14.9 Å². The number of fused-ring (bicyclic) bond motifs is 3. The molecule has 1 amide bonds. The quantitative estimate of drug-likeness (QED) is 0.564. The molecule has 2 aromatic heterocycles. The van der Waals surface area contributed by atoms with Crippen LogP contribution in [0.4, 0.5) is 0 Å². The van der Waals surface area contributed by atoms with Gasteiger partial charge in [0.15, 0.2) is 5.16 Å². The van der Waals surface area contributed by atoms with Crippen molar-refractivity contribution < 1.29 is 9.53 Å². The number of rotatable bonds is 7. The number of ether oxygens (including phenoxy) is 1. The number of aryl methyl sites for hydroxylation is 2. The summed E-state index contributed by atoms with van der Waals surface area (Å²) < 4.78 is 7.29. The molecule has 27 heavy (non-hydrogen) atoms. The average molecular weight is 408 g/mol. The van der Waals surface area contributed by atoms with Crippen LogP contribution in [0.15, 0.2) is 9.95 Å². The van der Waals surface area contributed by atoms with E-state index < -0.39 is 0 Å². The minimum atomic E-state index is -0.0402. The van der Waals surface area contributed by atoms with E-state index in [2.05, 4.69) is 12.2 Å². The summed E-state index contributed by atoms with van der Waals surface area (Å²) in [6, 6.07) is 0. The lowest BCUT2D eigenvalue weighted by Gasteiger charge is -2.13. The Morgan fingerprint density at radius 2 is 2.30 bits per heavy atom. The van der Waals surface area contributed by atoms with Crippen LogP contribution in [0.2, 0.25) is 0 Å². The molecule has 6 nitrogen and oxygen atoms in total. The van der Waals surface area contributed by atoms with Crippen molar-refractivity contribution in [3.63, 3.8) is 0 Å². The largest absolute Gasteiger partial charge is 0.376 e. The Morgan fingerprint density at radius 3 is 3.07 bits per heavy atom. The van der Waals surface area contributed by atoms with E-state index in [9.17, 15) is 9.59 Å². The van der Waals surface area contributed by atoms with Crippen molar-refractivity contribution in [2.45, 2.75) is 63.3 Å². The summed E-state index contributed by atoms with van der Waals surface area (Å²) in [6.45, 7) is 4.03. The van der Waals surface area contributed by atoms with Gasteiger partial charge in [0, 0.05) is 24.6 Å². The lowest BCUT2D eigenvalue weighted by Crippen LogP contribution is -2.33. The SMILES string of the molecule is CCCn1c(SCC(=O)NC[C@H]2CCCO2)nc2sc3c(c2c1=O)CCC3. The summed E-state index contributed by atoms with van der Waals surface area (Å²) in [7, 11) is 0. The molecule has 4 rings (SSSR count). The number of hydrogen-bond donors (Lipinski definition) is 1. The lowest BCUT2D eigenvalue weighted by atomic mass is 10.2. The van der Waals surface area contributed by atoms with Crippen LogP contribution in [0.25, 0.3) is 10.2 Å². The maximum absolute atomic E-state index is 13.1. The fourth-order valence-corrected chi connectivity index (χ4v) is 5.96. The predicted octanol–water partition coefficient (Wildman–Crippen LogP) is 2.74. The first-order valence-electron chi connectivity index (χ1n) is 9.73. The Hall–Kier alpha value is -1.38. The lowest BCUT2D eigenvalue weighted by molar-refractivity contribution is -0.119. The van der Waals surface area contributed by atoms with Gasteiger partial charge in [-0.15, -0.1) is 11.3 Å². The van der Waals surface area contributed by atoms with E-state index in [4.69, 9.17) is 9.72 Å². The van der Waals surface area contributed by atoms with Gasteiger partial charge in [0.2, 0.25) is 5.91 Å². The molecule has 0 aromatic carbocycles. The van der Waals surface area contributed by atoms with Crippen LogP contribution in [-0.2, 0) is 28.9 Å². The summed E-state index contributed by atoms with van der Waals surface area (Å²) in [5, 5.41) is 4.40. The van der Waals surface area contributed by atoms with Crippen LogP contribution >= 0.6 is 23.1 Å². The maximum Gasteiger partial charge on any atom is 0.263 e. The minimum Gasteiger partial charge on any atom is -0.376 e. The van der Waals surface area contributed by atoms with E-state index in [1.165, 1.54) is 22.2 Å². The van der Waals surface area contributed by atoms with Crippen LogP contribution in [0.5, 0.6) is 0 Å². The first kappa shape index (κ1) is 19.0. The van der Waals surface area contributed by atoms with Gasteiger partial charge >= 0.3 is 0 Å². The van der Waals surface area contributed by atoms with Crippen LogP contribution < -0.4 is 10.9 Å². The number of carbonyl (C=O) groups excluding carboxylic acids is 1. The number of amides is 1. The molecule has 0 unspecified atom stereocenters. The van der Waals surface area contributed by atoms with Gasteiger partial charge in [-0.2, -0.15) is 0 Å². The normalized spacial score (nSPS) is 18.9. The number of nitrogens with zero attached hydrogens (tertiary/aromatic N) is 2. The highest BCUT2D eigenvalue weighted by Crippen LogP contribution is 2.35. The monoisotopic (exact) mass is 407 g/mol. The molecule has 2 aliphatic rings. The third-order valence-corrected chi connectivity index (χ3v) is 7.28. The van der Waals surface area contributed by atoms with Crippen LogP contribution in [0.3, 0.4) is 0 Å². The zero-order valence-corrected chi connectivity index (χ0v) is 17.2. The first-order chi connectivity index (χ1) is 13.2. The molecule has 8 heteroatoms. The minimum absolute atomic E-state index is 0.0402. The Labute approximate surface area is 166 Å². The summed E-state index contributed by atoms with van der Waals surface area (Å²) in [6.07, 6.45) is 6.23. The van der Waals surface area contributed by atoms with Crippen LogP contribution in [0.1, 0.15) is 43.0 Å². The van der Waals surface area contributed by atoms with Crippen molar-refractivity contribution in [3.05, 3.63) is 20.8 Å². The smallest absolute Gasteiger partial charge is 0.263 e. The fraction of sp³-hybridized carbons (Fsp3) is 0.632. The Morgan fingerprint density at radius 1 is 1.41 bits per heavy atom. The maximum atomic E-state index is 13.1. The van der Waals surface area contributed by atoms with Gasteiger partial charge in [-0.1, -0.05) is 18.7 Å². The van der Waals surface area contributed by atoms with E-state index in [-0.39, 0.29) is 23.3 Å². The van der Waals surface area contributed by atoms with Crippen molar-refractivity contribution >= 4 is 39.2 Å². The molecule has 0 spiro atoms. The van der Waals surface area contributed by atoms with Gasteiger partial charge in [-0.05, 0) is 44.1 Å². The highest BCUT2D eigenvalue weighted by molar-refractivity contribution is 7.99. The van der Waals surface area contributed by atoms with Gasteiger partial charge in [-0.3, -0.25) is 14.2 Å². The average Bonchev–Trinajstić information content (AvgIpc) is 3.37. The Balaban J connectivity index is 1.51. The molecule has 1 aliphatic carbocycles. The van der Waals surface area contributed by atoms with E-state index in [0.29, 0.717) is 18.2 Å². The third kappa shape index (κ3) is 3.93. The van der Waals surface area contributed by atoms with E-state index in [0.717, 1.165) is 55.3 Å². The molecule has 0 radical (unpaired) electrons. The summed E-state index contributed by atoms with van der Waals surface area (Å²) in [5.41, 5.74) is 1.27. The summed E-state index contributed by atoms with van der Waals surface area (Å²) in [5.74, 6) is 0.223. The number of aromatic nitrogens is 2. The molecule has 146 valence electrons. The van der Waals surface area contributed by atoms with Crippen molar-refractivity contribution in [3.8, 4) is 0 Å². The molecule has 1 aliphatic heterocycles. The molecule has 0 saturated carbocycles. The molecule has 1 N–H and O–H groups in total. The van der Waals surface area contributed by atoms with Gasteiger partial charge in [0.05, 0.1) is 17.2 Å². The van der Waals surface area contributed by atoms with Gasteiger partial charge in [-0.25, -0.2) is 4.98 Å². The number of carbonyl (C=O) groups is 1. The van der Waals surface area contributed by atoms with Crippen molar-refractivity contribution in [1.29, 1.82) is 0 Å². The third-order valence-electron chi connectivity index (χ3n) is 5.12. The standard InChI is InChI=1S/C19H25N3O3S2/c1-2-8-22-18(24)16-13-6-3-7-14(13)27-17(16)21-19(22)26-11-15(23)20-10-12-5-4-9-25-12/h12H,2-11H2,1H3,(H,20,23)/t12-/m1/s1. The molecular formula is C19H25N3O3S2. The van der Waals surface area contributed by atoms with Crippen molar-refractivity contribution in [2.75, 3.05) is 18.9 Å². The second-order valence-electron chi connectivity index (χ2n) is 7.12. The molecule has 0 bridgehead atoms.